The molecule has 0 aliphatic heterocycles. The fourth-order valence-corrected chi connectivity index (χ4v) is 10.2. The van der Waals surface area contributed by atoms with Gasteiger partial charge in [0.15, 0.2) is 0 Å². The highest BCUT2D eigenvalue weighted by Crippen LogP contribution is 2.19. The van der Waals surface area contributed by atoms with Crippen LogP contribution in [0.4, 0.5) is 0 Å². The van der Waals surface area contributed by atoms with Gasteiger partial charge in [-0.2, -0.15) is 0 Å². The van der Waals surface area contributed by atoms with Crippen molar-refractivity contribution in [2.24, 2.45) is 0 Å². The van der Waals surface area contributed by atoms with Gasteiger partial charge < -0.3 is 20.6 Å². The first-order chi connectivity index (χ1) is 34.1. The number of unbranched alkanes of at least 4 members (excludes halogenated alkanes) is 47. The lowest BCUT2D eigenvalue weighted by Crippen LogP contribution is -2.50. The molecule has 5 heteroatoms. The van der Waals surface area contributed by atoms with E-state index in [4.69, 9.17) is 0 Å². The molecule has 69 heavy (non-hydrogen) atoms. The highest BCUT2D eigenvalue weighted by Gasteiger charge is 2.26. The molecule has 1 amide bonds. The molecule has 0 aliphatic rings. The van der Waals surface area contributed by atoms with Gasteiger partial charge in [-0.25, -0.2) is 0 Å². The zero-order valence-electron chi connectivity index (χ0n) is 47.0. The van der Waals surface area contributed by atoms with Gasteiger partial charge in [-0.05, 0) is 44.9 Å². The summed E-state index contributed by atoms with van der Waals surface area (Å²) in [7, 11) is 0. The van der Waals surface area contributed by atoms with Crippen LogP contribution in [0.5, 0.6) is 0 Å². The summed E-state index contributed by atoms with van der Waals surface area (Å²) in [6, 6.07) is -0.808. The fraction of sp³-hybridized carbons (Fsp3) is 0.922. The first-order valence-electron chi connectivity index (χ1n) is 31.6. The molecule has 0 fully saturated rings. The Morgan fingerprint density at radius 2 is 0.623 bits per heavy atom. The molecule has 5 nitrogen and oxygen atoms in total. The molecular weight excluding hydrogens is 847 g/mol. The van der Waals surface area contributed by atoms with E-state index in [2.05, 4.69) is 43.5 Å². The number of allylic oxidation sites excluding steroid dienone is 4. The minimum absolute atomic E-state index is 0.139. The molecule has 3 atom stereocenters. The van der Waals surface area contributed by atoms with Crippen molar-refractivity contribution in [2.45, 2.75) is 372 Å². The SMILES string of the molecule is CCCCCCCCCCCCCCCCC/C=C\C/C=C\CCCCCCCCCCCCCCCCCCCC(=O)NC(CO)C(O)C(O)CCCCCCCCCCCCCCCCCC. The van der Waals surface area contributed by atoms with Crippen molar-refractivity contribution >= 4 is 5.91 Å². The summed E-state index contributed by atoms with van der Waals surface area (Å²) in [6.45, 7) is 4.22. The van der Waals surface area contributed by atoms with E-state index < -0.39 is 18.2 Å². The second-order valence-electron chi connectivity index (χ2n) is 22.0. The predicted octanol–water partition coefficient (Wildman–Crippen LogP) is 20.0. The average Bonchev–Trinajstić information content (AvgIpc) is 3.35. The number of rotatable bonds is 59. The van der Waals surface area contributed by atoms with Gasteiger partial charge in [-0.3, -0.25) is 4.79 Å². The van der Waals surface area contributed by atoms with E-state index in [1.165, 1.54) is 289 Å². The Kier molecular flexibility index (Phi) is 58.4. The number of aliphatic hydroxyl groups excluding tert-OH is 3. The molecule has 0 aromatic carbocycles. The molecule has 4 N–H and O–H groups in total. The van der Waals surface area contributed by atoms with Crippen LogP contribution in [0.25, 0.3) is 0 Å². The summed E-state index contributed by atoms with van der Waals surface area (Å²) in [5, 5.41) is 33.8. The predicted molar refractivity (Wildman–Crippen MR) is 305 cm³/mol. The molecule has 3 unspecified atom stereocenters. The third kappa shape index (κ3) is 54.4. The lowest BCUT2D eigenvalue weighted by molar-refractivity contribution is -0.124. The van der Waals surface area contributed by atoms with Gasteiger partial charge in [-0.15, -0.1) is 0 Å². The molecular formula is C64H125NO4. The van der Waals surface area contributed by atoms with Crippen LogP contribution in [-0.4, -0.2) is 46.1 Å². The summed E-state index contributed by atoms with van der Waals surface area (Å²) in [4.78, 5) is 12.5. The van der Waals surface area contributed by atoms with E-state index in [1.54, 1.807) is 0 Å². The quantitative estimate of drug-likeness (QED) is 0.0361. The molecule has 0 bridgehead atoms. The zero-order valence-corrected chi connectivity index (χ0v) is 47.0. The van der Waals surface area contributed by atoms with Crippen molar-refractivity contribution in [3.63, 3.8) is 0 Å². The smallest absolute Gasteiger partial charge is 0.220 e. The second-order valence-corrected chi connectivity index (χ2v) is 22.0. The van der Waals surface area contributed by atoms with E-state index in [1.807, 2.05) is 0 Å². The number of carbonyl (C=O) groups is 1. The lowest BCUT2D eigenvalue weighted by atomic mass is 9.99. The zero-order chi connectivity index (χ0) is 50.0. The summed E-state index contributed by atoms with van der Waals surface area (Å²) >= 11 is 0. The molecule has 0 aliphatic carbocycles. The molecule has 0 aromatic rings. The number of amides is 1. The summed E-state index contributed by atoms with van der Waals surface area (Å²) < 4.78 is 0. The van der Waals surface area contributed by atoms with Crippen LogP contribution in [0.1, 0.15) is 354 Å². The van der Waals surface area contributed by atoms with E-state index in [0.29, 0.717) is 12.8 Å². The van der Waals surface area contributed by atoms with Gasteiger partial charge in [0.1, 0.15) is 6.10 Å². The minimum Gasteiger partial charge on any atom is -0.394 e. The van der Waals surface area contributed by atoms with Crippen LogP contribution in [0.15, 0.2) is 24.3 Å². The standard InChI is InChI=1S/C64H125NO4/c1-3-5-7-9-11-13-15-17-19-21-22-23-24-25-26-27-28-29-30-31-32-33-34-35-36-37-38-39-40-41-42-43-45-47-49-51-53-55-57-59-63(68)65-61(60-66)64(69)62(67)58-56-54-52-50-48-46-44-20-18-16-14-12-10-8-6-4-2/h28-29,31-32,61-62,64,66-67,69H,3-27,30,33-60H2,1-2H3,(H,65,68)/b29-28-,32-31-. The van der Waals surface area contributed by atoms with Crippen LogP contribution >= 0.6 is 0 Å². The molecule has 0 saturated heterocycles. The van der Waals surface area contributed by atoms with Gasteiger partial charge >= 0.3 is 0 Å². The van der Waals surface area contributed by atoms with Gasteiger partial charge in [0, 0.05) is 6.42 Å². The van der Waals surface area contributed by atoms with Crippen LogP contribution in [-0.2, 0) is 4.79 Å². The Hall–Kier alpha value is -1.17. The molecule has 0 radical (unpaired) electrons. The maximum Gasteiger partial charge on any atom is 0.220 e. The normalized spacial score (nSPS) is 13.3. The van der Waals surface area contributed by atoms with Gasteiger partial charge in [0.25, 0.3) is 0 Å². The Morgan fingerprint density at radius 3 is 0.913 bits per heavy atom. The van der Waals surface area contributed by atoms with E-state index >= 15 is 0 Å². The number of hydrogen-bond acceptors (Lipinski definition) is 4. The number of nitrogens with one attached hydrogen (secondary N) is 1. The fourth-order valence-electron chi connectivity index (χ4n) is 10.2. The van der Waals surface area contributed by atoms with Crippen LogP contribution in [0, 0.1) is 0 Å². The lowest BCUT2D eigenvalue weighted by Gasteiger charge is -2.26. The van der Waals surface area contributed by atoms with Crippen molar-refractivity contribution in [1.82, 2.24) is 5.32 Å². The maximum absolute atomic E-state index is 12.5. The second kappa shape index (κ2) is 59.4. The van der Waals surface area contributed by atoms with Gasteiger partial charge in [0.2, 0.25) is 5.91 Å². The molecule has 0 aromatic heterocycles. The summed E-state index contributed by atoms with van der Waals surface area (Å²) in [5.74, 6) is -0.139. The van der Waals surface area contributed by atoms with E-state index in [9.17, 15) is 20.1 Å². The third-order valence-electron chi connectivity index (χ3n) is 15.1. The molecule has 0 spiro atoms. The van der Waals surface area contributed by atoms with Gasteiger partial charge in [-0.1, -0.05) is 327 Å². The van der Waals surface area contributed by atoms with Crippen LogP contribution in [0.3, 0.4) is 0 Å². The topological polar surface area (TPSA) is 89.8 Å². The summed E-state index contributed by atoms with van der Waals surface area (Å²) in [6.07, 6.45) is 76.6. The molecule has 0 rings (SSSR count). The van der Waals surface area contributed by atoms with Crippen molar-refractivity contribution in [1.29, 1.82) is 0 Å². The van der Waals surface area contributed by atoms with Crippen LogP contribution in [0.2, 0.25) is 0 Å². The van der Waals surface area contributed by atoms with Gasteiger partial charge in [0.05, 0.1) is 18.8 Å². The number of aliphatic hydroxyl groups is 3. The van der Waals surface area contributed by atoms with Crippen molar-refractivity contribution < 1.29 is 20.1 Å². The highest BCUT2D eigenvalue weighted by molar-refractivity contribution is 5.76. The number of carbonyl (C=O) groups excluding carboxylic acids is 1. The third-order valence-corrected chi connectivity index (χ3v) is 15.1. The Bertz CT molecular complexity index is 1030. The van der Waals surface area contributed by atoms with Crippen molar-refractivity contribution in [2.75, 3.05) is 6.61 Å². The number of hydrogen-bond donors (Lipinski definition) is 4. The minimum atomic E-state index is -1.13. The summed E-state index contributed by atoms with van der Waals surface area (Å²) in [5.41, 5.74) is 0. The van der Waals surface area contributed by atoms with E-state index in [-0.39, 0.29) is 12.5 Å². The largest absolute Gasteiger partial charge is 0.394 e. The molecule has 410 valence electrons. The first-order valence-corrected chi connectivity index (χ1v) is 31.6. The molecule has 0 saturated carbocycles. The van der Waals surface area contributed by atoms with E-state index in [0.717, 1.165) is 38.5 Å². The Labute approximate surface area is 432 Å². The van der Waals surface area contributed by atoms with Crippen molar-refractivity contribution in [3.05, 3.63) is 24.3 Å². The Morgan fingerprint density at radius 1 is 0.362 bits per heavy atom. The highest BCUT2D eigenvalue weighted by atomic mass is 16.3. The van der Waals surface area contributed by atoms with Crippen molar-refractivity contribution in [3.8, 4) is 0 Å². The maximum atomic E-state index is 12.5. The molecule has 0 heterocycles. The monoisotopic (exact) mass is 972 g/mol. The average molecular weight is 973 g/mol. The Balaban J connectivity index is 3.45. The van der Waals surface area contributed by atoms with Crippen LogP contribution < -0.4 is 5.32 Å². The first kappa shape index (κ1) is 67.8.